The fourth-order valence-corrected chi connectivity index (χ4v) is 2.42. The van der Waals surface area contributed by atoms with Crippen LogP contribution in [0.2, 0.25) is 0 Å². The van der Waals surface area contributed by atoms with Crippen LogP contribution in [0.1, 0.15) is 30.9 Å². The summed E-state index contributed by atoms with van der Waals surface area (Å²) >= 11 is 0. The third-order valence-corrected chi connectivity index (χ3v) is 3.53. The summed E-state index contributed by atoms with van der Waals surface area (Å²) in [5, 5.41) is 0. The van der Waals surface area contributed by atoms with Gasteiger partial charge in [0, 0.05) is 5.41 Å². The summed E-state index contributed by atoms with van der Waals surface area (Å²) < 4.78 is 5.28. The Morgan fingerprint density at radius 2 is 2.27 bits per heavy atom. The quantitative estimate of drug-likeness (QED) is 0.667. The Balaban J connectivity index is 2.53. The summed E-state index contributed by atoms with van der Waals surface area (Å²) in [5.41, 5.74) is 2.97. The van der Waals surface area contributed by atoms with E-state index in [1.807, 2.05) is 6.07 Å². The lowest BCUT2D eigenvalue weighted by Crippen LogP contribution is -2.24. The second kappa shape index (κ2) is 3.73. The predicted molar refractivity (Wildman–Crippen MR) is 63.5 cm³/mol. The zero-order valence-corrected chi connectivity index (χ0v) is 9.55. The number of fused-ring (bicyclic) bond motifs is 1. The third kappa shape index (κ3) is 1.67. The van der Waals surface area contributed by atoms with Crippen molar-refractivity contribution in [2.24, 2.45) is 0 Å². The molecule has 2 rings (SSSR count). The molecule has 80 valence electrons. The molecule has 15 heavy (non-hydrogen) atoms. The van der Waals surface area contributed by atoms with Crippen LogP contribution in [-0.2, 0) is 11.8 Å². The van der Waals surface area contributed by atoms with E-state index in [4.69, 9.17) is 4.74 Å². The lowest BCUT2D eigenvalue weighted by Gasteiger charge is -2.33. The molecular formula is C14H18O. The maximum Gasteiger partial charge on any atom is 0.119 e. The van der Waals surface area contributed by atoms with Crippen molar-refractivity contribution < 1.29 is 4.74 Å². The molecule has 1 atom stereocenters. The van der Waals surface area contributed by atoms with Crippen LogP contribution in [-0.4, -0.2) is 7.11 Å². The van der Waals surface area contributed by atoms with E-state index < -0.39 is 0 Å². The second-order valence-electron chi connectivity index (χ2n) is 4.50. The number of hydrogen-bond acceptors (Lipinski definition) is 1. The van der Waals surface area contributed by atoms with Gasteiger partial charge in [0.25, 0.3) is 0 Å². The molecule has 0 saturated carbocycles. The Morgan fingerprint density at radius 1 is 1.47 bits per heavy atom. The highest BCUT2D eigenvalue weighted by atomic mass is 16.5. The van der Waals surface area contributed by atoms with Gasteiger partial charge in [-0.2, -0.15) is 0 Å². The van der Waals surface area contributed by atoms with Crippen LogP contribution in [0.15, 0.2) is 30.9 Å². The van der Waals surface area contributed by atoms with Crippen molar-refractivity contribution in [1.82, 2.24) is 0 Å². The van der Waals surface area contributed by atoms with Crippen molar-refractivity contribution in [3.63, 3.8) is 0 Å². The summed E-state index contributed by atoms with van der Waals surface area (Å²) in [4.78, 5) is 0. The van der Waals surface area contributed by atoms with Gasteiger partial charge in [-0.25, -0.2) is 0 Å². The molecule has 0 aromatic heterocycles. The molecule has 1 nitrogen and oxygen atoms in total. The Bertz CT molecular complexity index is 381. The van der Waals surface area contributed by atoms with E-state index in [0.29, 0.717) is 0 Å². The molecule has 1 aliphatic carbocycles. The molecule has 0 amide bonds. The Hall–Kier alpha value is -1.24. The molecule has 0 spiro atoms. The van der Waals surface area contributed by atoms with E-state index in [9.17, 15) is 0 Å². The molecule has 0 aliphatic heterocycles. The van der Waals surface area contributed by atoms with E-state index in [-0.39, 0.29) is 5.41 Å². The maximum absolute atomic E-state index is 5.28. The molecular weight excluding hydrogens is 184 g/mol. The minimum atomic E-state index is 0.127. The molecule has 1 aromatic carbocycles. The summed E-state index contributed by atoms with van der Waals surface area (Å²) in [5.74, 6) is 0.948. The molecule has 0 unspecified atom stereocenters. The van der Waals surface area contributed by atoms with Gasteiger partial charge in [0.1, 0.15) is 5.75 Å². The van der Waals surface area contributed by atoms with E-state index >= 15 is 0 Å². The Morgan fingerprint density at radius 3 is 2.93 bits per heavy atom. The molecule has 0 fully saturated rings. The fourth-order valence-electron chi connectivity index (χ4n) is 2.42. The number of hydrogen-bond donors (Lipinski definition) is 0. The third-order valence-electron chi connectivity index (χ3n) is 3.53. The van der Waals surface area contributed by atoms with E-state index in [1.54, 1.807) is 7.11 Å². The van der Waals surface area contributed by atoms with Crippen LogP contribution < -0.4 is 4.74 Å². The summed E-state index contributed by atoms with van der Waals surface area (Å²) in [6.45, 7) is 6.23. The number of allylic oxidation sites excluding steroid dienone is 1. The summed E-state index contributed by atoms with van der Waals surface area (Å²) in [7, 11) is 1.72. The molecule has 0 bridgehead atoms. The van der Waals surface area contributed by atoms with Gasteiger partial charge in [-0.3, -0.25) is 0 Å². The largest absolute Gasteiger partial charge is 0.497 e. The molecule has 0 N–H and O–H groups in total. The molecule has 1 heteroatoms. The summed E-state index contributed by atoms with van der Waals surface area (Å²) in [6, 6.07) is 6.40. The second-order valence-corrected chi connectivity index (χ2v) is 4.50. The first-order chi connectivity index (χ1) is 7.19. The van der Waals surface area contributed by atoms with Gasteiger partial charge in [-0.1, -0.05) is 19.1 Å². The van der Waals surface area contributed by atoms with Crippen LogP contribution in [0.3, 0.4) is 0 Å². The normalized spacial score (nSPS) is 24.4. The minimum Gasteiger partial charge on any atom is -0.497 e. The van der Waals surface area contributed by atoms with Gasteiger partial charge in [-0.15, -0.1) is 6.58 Å². The number of benzene rings is 1. The van der Waals surface area contributed by atoms with Gasteiger partial charge in [0.05, 0.1) is 7.11 Å². The Labute approximate surface area is 91.8 Å². The van der Waals surface area contributed by atoms with Crippen molar-refractivity contribution in [2.45, 2.75) is 31.6 Å². The highest BCUT2D eigenvalue weighted by Gasteiger charge is 2.29. The molecule has 0 saturated heterocycles. The SMILES string of the molecule is C=C[C@@]1(C)CCCc2ccc(OC)cc21. The molecule has 1 aliphatic rings. The molecule has 1 aromatic rings. The van der Waals surface area contributed by atoms with Crippen molar-refractivity contribution in [3.05, 3.63) is 42.0 Å². The van der Waals surface area contributed by atoms with Gasteiger partial charge in [0.2, 0.25) is 0 Å². The topological polar surface area (TPSA) is 9.23 Å². The van der Waals surface area contributed by atoms with E-state index in [0.717, 1.165) is 5.75 Å². The van der Waals surface area contributed by atoms with Gasteiger partial charge in [-0.05, 0) is 42.5 Å². The zero-order chi connectivity index (χ0) is 10.9. The van der Waals surface area contributed by atoms with Crippen LogP contribution in [0.25, 0.3) is 0 Å². The van der Waals surface area contributed by atoms with Crippen molar-refractivity contribution in [1.29, 1.82) is 0 Å². The van der Waals surface area contributed by atoms with Gasteiger partial charge >= 0.3 is 0 Å². The van der Waals surface area contributed by atoms with Crippen LogP contribution in [0.5, 0.6) is 5.75 Å². The van der Waals surface area contributed by atoms with Crippen LogP contribution >= 0.6 is 0 Å². The van der Waals surface area contributed by atoms with Crippen molar-refractivity contribution >= 4 is 0 Å². The van der Waals surface area contributed by atoms with Crippen LogP contribution in [0, 0.1) is 0 Å². The minimum absolute atomic E-state index is 0.127. The van der Waals surface area contributed by atoms with E-state index in [2.05, 4.69) is 31.7 Å². The smallest absolute Gasteiger partial charge is 0.119 e. The summed E-state index contributed by atoms with van der Waals surface area (Å²) in [6.07, 6.45) is 5.70. The van der Waals surface area contributed by atoms with Gasteiger partial charge < -0.3 is 4.74 Å². The average Bonchev–Trinajstić information content (AvgIpc) is 2.29. The first-order valence-corrected chi connectivity index (χ1v) is 5.50. The van der Waals surface area contributed by atoms with Crippen LogP contribution in [0.4, 0.5) is 0 Å². The first kappa shape index (κ1) is 10.3. The number of ether oxygens (including phenoxy) is 1. The molecule has 0 radical (unpaired) electrons. The zero-order valence-electron chi connectivity index (χ0n) is 9.55. The standard InChI is InChI=1S/C14H18O/c1-4-14(2)9-5-6-11-7-8-12(15-3)10-13(11)14/h4,7-8,10H,1,5-6,9H2,2-3H3/t14-/m0/s1. The van der Waals surface area contributed by atoms with Crippen molar-refractivity contribution in [3.8, 4) is 5.75 Å². The average molecular weight is 202 g/mol. The first-order valence-electron chi connectivity index (χ1n) is 5.50. The number of methoxy groups -OCH3 is 1. The van der Waals surface area contributed by atoms with Crippen molar-refractivity contribution in [2.75, 3.05) is 7.11 Å². The monoisotopic (exact) mass is 202 g/mol. The lowest BCUT2D eigenvalue weighted by atomic mass is 9.71. The Kier molecular flexibility index (Phi) is 2.56. The maximum atomic E-state index is 5.28. The lowest BCUT2D eigenvalue weighted by molar-refractivity contribution is 0.409. The highest BCUT2D eigenvalue weighted by Crippen LogP contribution is 2.39. The molecule has 0 heterocycles. The fraction of sp³-hybridized carbons (Fsp3) is 0.429. The predicted octanol–water partition coefficient (Wildman–Crippen LogP) is 3.48. The highest BCUT2D eigenvalue weighted by molar-refractivity contribution is 5.44. The van der Waals surface area contributed by atoms with E-state index in [1.165, 1.54) is 30.4 Å². The number of rotatable bonds is 2. The van der Waals surface area contributed by atoms with Gasteiger partial charge in [0.15, 0.2) is 0 Å². The number of aryl methyl sites for hydroxylation is 1.